The number of hydrogen-bond acceptors (Lipinski definition) is 4. The highest BCUT2D eigenvalue weighted by Crippen LogP contribution is 2.31. The minimum atomic E-state index is -2.75. The average molecular weight is 272 g/mol. The first-order valence-electron chi connectivity index (χ1n) is 5.96. The van der Waals surface area contributed by atoms with Crippen LogP contribution in [-0.4, -0.2) is 24.7 Å². The molecule has 0 bridgehead atoms. The number of hydrogen-bond donors (Lipinski definition) is 1. The van der Waals surface area contributed by atoms with E-state index in [1.807, 2.05) is 0 Å². The number of rotatable bonds is 5. The van der Waals surface area contributed by atoms with Gasteiger partial charge in [-0.3, -0.25) is 10.1 Å². The lowest BCUT2D eigenvalue weighted by atomic mass is 10.1. The molecule has 0 radical (unpaired) electrons. The molecule has 1 unspecified atom stereocenters. The normalized spacial score (nSPS) is 18.8. The molecule has 1 aromatic rings. The lowest BCUT2D eigenvalue weighted by Crippen LogP contribution is -2.15. The van der Waals surface area contributed by atoms with Gasteiger partial charge in [0, 0.05) is 42.5 Å². The van der Waals surface area contributed by atoms with Crippen molar-refractivity contribution >= 4 is 11.4 Å². The van der Waals surface area contributed by atoms with Gasteiger partial charge in [-0.05, 0) is 12.5 Å². The molecule has 0 amide bonds. The number of non-ortho nitro benzene ring substituents is 1. The van der Waals surface area contributed by atoms with Crippen molar-refractivity contribution in [2.75, 3.05) is 25.1 Å². The first-order valence-corrected chi connectivity index (χ1v) is 5.96. The molecule has 104 valence electrons. The van der Waals surface area contributed by atoms with Crippen molar-refractivity contribution in [1.29, 1.82) is 0 Å². The zero-order chi connectivity index (χ0) is 13.8. The van der Waals surface area contributed by atoms with Crippen LogP contribution in [0, 0.1) is 16.0 Å². The fourth-order valence-electron chi connectivity index (χ4n) is 2.00. The largest absolute Gasteiger partial charge is 0.384 e. The van der Waals surface area contributed by atoms with Gasteiger partial charge in [0.2, 0.25) is 0 Å². The molecule has 0 aliphatic carbocycles. The second-order valence-corrected chi connectivity index (χ2v) is 4.44. The summed E-state index contributed by atoms with van der Waals surface area (Å²) in [6.45, 7) is 1.83. The van der Waals surface area contributed by atoms with E-state index in [0.717, 1.165) is 12.5 Å². The average Bonchev–Trinajstić information content (AvgIpc) is 2.89. The molecule has 0 saturated carbocycles. The number of anilines is 1. The standard InChI is InChI=1S/C12H14F2N2O3/c13-12(14)10-5-9(16(17)18)1-2-11(10)15-6-8-3-4-19-7-8/h1-2,5,8,12,15H,3-4,6-7H2. The van der Waals surface area contributed by atoms with E-state index >= 15 is 0 Å². The Hall–Kier alpha value is -1.76. The monoisotopic (exact) mass is 272 g/mol. The molecule has 7 heteroatoms. The van der Waals surface area contributed by atoms with Crippen LogP contribution in [0.3, 0.4) is 0 Å². The van der Waals surface area contributed by atoms with E-state index in [0.29, 0.717) is 25.7 Å². The number of ether oxygens (including phenoxy) is 1. The minimum absolute atomic E-state index is 0.243. The summed E-state index contributed by atoms with van der Waals surface area (Å²) in [6, 6.07) is 3.47. The van der Waals surface area contributed by atoms with E-state index in [4.69, 9.17) is 4.74 Å². The van der Waals surface area contributed by atoms with Crippen LogP contribution in [0.2, 0.25) is 0 Å². The van der Waals surface area contributed by atoms with Crippen molar-refractivity contribution in [3.05, 3.63) is 33.9 Å². The molecule has 2 rings (SSSR count). The summed E-state index contributed by atoms with van der Waals surface area (Å²) in [7, 11) is 0. The molecule has 1 saturated heterocycles. The van der Waals surface area contributed by atoms with Gasteiger partial charge in [0.1, 0.15) is 0 Å². The van der Waals surface area contributed by atoms with Gasteiger partial charge in [-0.2, -0.15) is 0 Å². The Kier molecular flexibility index (Phi) is 4.26. The minimum Gasteiger partial charge on any atom is -0.384 e. The zero-order valence-electron chi connectivity index (χ0n) is 10.1. The van der Waals surface area contributed by atoms with Crippen LogP contribution in [0.25, 0.3) is 0 Å². The van der Waals surface area contributed by atoms with Gasteiger partial charge in [0.25, 0.3) is 12.1 Å². The van der Waals surface area contributed by atoms with E-state index in [1.54, 1.807) is 0 Å². The predicted octanol–water partition coefficient (Wildman–Crippen LogP) is 2.98. The first-order chi connectivity index (χ1) is 9.08. The second-order valence-electron chi connectivity index (χ2n) is 4.44. The predicted molar refractivity (Wildman–Crippen MR) is 65.5 cm³/mol. The molecule has 1 N–H and O–H groups in total. The van der Waals surface area contributed by atoms with E-state index in [1.165, 1.54) is 12.1 Å². The third kappa shape index (κ3) is 3.37. The highest BCUT2D eigenvalue weighted by molar-refractivity contribution is 5.56. The van der Waals surface area contributed by atoms with Gasteiger partial charge >= 0.3 is 0 Å². The number of nitrogens with one attached hydrogen (secondary N) is 1. The summed E-state index contributed by atoms with van der Waals surface area (Å²) in [5.41, 5.74) is -0.425. The Morgan fingerprint density at radius 2 is 2.32 bits per heavy atom. The fourth-order valence-corrected chi connectivity index (χ4v) is 2.00. The van der Waals surface area contributed by atoms with Crippen molar-refractivity contribution < 1.29 is 18.4 Å². The topological polar surface area (TPSA) is 64.4 Å². The maximum atomic E-state index is 12.9. The van der Waals surface area contributed by atoms with E-state index in [-0.39, 0.29) is 16.9 Å². The smallest absolute Gasteiger partial charge is 0.270 e. The molecular weight excluding hydrogens is 258 g/mol. The number of benzene rings is 1. The first kappa shape index (κ1) is 13.7. The summed E-state index contributed by atoms with van der Waals surface area (Å²) in [5, 5.41) is 13.5. The van der Waals surface area contributed by atoms with E-state index in [2.05, 4.69) is 5.32 Å². The van der Waals surface area contributed by atoms with Gasteiger partial charge in [0.05, 0.1) is 11.5 Å². The number of nitro groups is 1. The summed E-state index contributed by atoms with van der Waals surface area (Å²) in [4.78, 5) is 9.90. The maximum absolute atomic E-state index is 12.9. The maximum Gasteiger partial charge on any atom is 0.270 e. The Labute approximate surface area is 108 Å². The van der Waals surface area contributed by atoms with Crippen molar-refractivity contribution in [3.8, 4) is 0 Å². The van der Waals surface area contributed by atoms with Crippen LogP contribution in [0.5, 0.6) is 0 Å². The van der Waals surface area contributed by atoms with Gasteiger partial charge < -0.3 is 10.1 Å². The molecule has 5 nitrogen and oxygen atoms in total. The van der Waals surface area contributed by atoms with Crippen molar-refractivity contribution in [2.24, 2.45) is 5.92 Å². The van der Waals surface area contributed by atoms with Crippen LogP contribution in [0.4, 0.5) is 20.2 Å². The SMILES string of the molecule is O=[N+]([O-])c1ccc(NCC2CCOC2)c(C(F)F)c1. The fraction of sp³-hybridized carbons (Fsp3) is 0.500. The van der Waals surface area contributed by atoms with Crippen molar-refractivity contribution in [1.82, 2.24) is 0 Å². The van der Waals surface area contributed by atoms with E-state index < -0.39 is 11.3 Å². The van der Waals surface area contributed by atoms with Crippen LogP contribution in [0.1, 0.15) is 18.4 Å². The van der Waals surface area contributed by atoms with Crippen molar-refractivity contribution in [2.45, 2.75) is 12.8 Å². The Balaban J connectivity index is 2.11. The summed E-state index contributed by atoms with van der Waals surface area (Å²) < 4.78 is 31.0. The molecule has 1 aliphatic heterocycles. The van der Waals surface area contributed by atoms with E-state index in [9.17, 15) is 18.9 Å². The molecule has 1 heterocycles. The summed E-state index contributed by atoms with van der Waals surface area (Å²) in [5.74, 6) is 0.292. The molecular formula is C12H14F2N2O3. The second kappa shape index (κ2) is 5.92. The van der Waals surface area contributed by atoms with Gasteiger partial charge in [-0.15, -0.1) is 0 Å². The highest BCUT2D eigenvalue weighted by atomic mass is 19.3. The van der Waals surface area contributed by atoms with Gasteiger partial charge in [-0.25, -0.2) is 8.78 Å². The Morgan fingerprint density at radius 1 is 1.53 bits per heavy atom. The van der Waals surface area contributed by atoms with Crippen LogP contribution in [0.15, 0.2) is 18.2 Å². The Morgan fingerprint density at radius 3 is 2.89 bits per heavy atom. The molecule has 0 aromatic heterocycles. The molecule has 1 fully saturated rings. The third-order valence-corrected chi connectivity index (χ3v) is 3.09. The van der Waals surface area contributed by atoms with Gasteiger partial charge in [0.15, 0.2) is 0 Å². The molecule has 0 spiro atoms. The third-order valence-electron chi connectivity index (χ3n) is 3.09. The number of halogens is 2. The lowest BCUT2D eigenvalue weighted by Gasteiger charge is -2.14. The van der Waals surface area contributed by atoms with Crippen LogP contribution in [-0.2, 0) is 4.74 Å². The van der Waals surface area contributed by atoms with Crippen LogP contribution < -0.4 is 5.32 Å². The lowest BCUT2D eigenvalue weighted by molar-refractivity contribution is -0.385. The van der Waals surface area contributed by atoms with Gasteiger partial charge in [-0.1, -0.05) is 0 Å². The molecule has 1 atom stereocenters. The number of nitro benzene ring substituents is 1. The highest BCUT2D eigenvalue weighted by Gasteiger charge is 2.20. The van der Waals surface area contributed by atoms with Crippen LogP contribution >= 0.6 is 0 Å². The summed E-state index contributed by atoms with van der Waals surface area (Å²) in [6.07, 6.45) is -1.86. The summed E-state index contributed by atoms with van der Waals surface area (Å²) >= 11 is 0. The molecule has 1 aromatic carbocycles. The molecule has 19 heavy (non-hydrogen) atoms. The molecule has 1 aliphatic rings. The van der Waals surface area contributed by atoms with Crippen molar-refractivity contribution in [3.63, 3.8) is 0 Å². The number of nitrogens with zero attached hydrogens (tertiary/aromatic N) is 1. The Bertz CT molecular complexity index is 462. The number of alkyl halides is 2. The quantitative estimate of drug-likeness (QED) is 0.661. The zero-order valence-corrected chi connectivity index (χ0v) is 10.1.